The maximum Gasteiger partial charge on any atom is 0.226 e. The van der Waals surface area contributed by atoms with E-state index in [1.165, 1.54) is 0 Å². The van der Waals surface area contributed by atoms with Crippen LogP contribution in [0.25, 0.3) is 32.2 Å². The molecule has 0 radical (unpaired) electrons. The molecular weight excluding hydrogens is 484 g/mol. The van der Waals surface area contributed by atoms with Crippen LogP contribution in [0.5, 0.6) is 0 Å². The average molecular weight is 508 g/mol. The second-order valence-corrected chi connectivity index (χ2v) is 10.5. The van der Waals surface area contributed by atoms with Gasteiger partial charge in [0.1, 0.15) is 16.6 Å². The molecule has 3 aromatic heterocycles. The van der Waals surface area contributed by atoms with Gasteiger partial charge in [-0.3, -0.25) is 4.98 Å². The largest absolute Gasteiger partial charge is 0.389 e. The molecule has 1 aromatic carbocycles. The highest BCUT2D eigenvalue weighted by atomic mass is 32.1. The van der Waals surface area contributed by atoms with Gasteiger partial charge in [0.2, 0.25) is 5.95 Å². The van der Waals surface area contributed by atoms with Crippen molar-refractivity contribution in [2.24, 2.45) is 0 Å². The third-order valence-electron chi connectivity index (χ3n) is 6.94. The SMILES string of the molecule is CN(C)C[C@H]1CCCN1c1ncc2c3c(c(-c4ncc(F)c5sc(N)c(C#N)c45)c(F)c2n1)COC3. The molecule has 11 heteroatoms. The fraction of sp³-hybridized carbons (Fsp3) is 0.360. The molecule has 8 nitrogen and oxygen atoms in total. The fourth-order valence-corrected chi connectivity index (χ4v) is 6.31. The Hall–Kier alpha value is -3.46. The maximum absolute atomic E-state index is 16.4. The van der Waals surface area contributed by atoms with Gasteiger partial charge in [0.05, 0.1) is 35.4 Å². The van der Waals surface area contributed by atoms with E-state index in [0.29, 0.717) is 16.9 Å². The molecule has 2 N–H and O–H groups in total. The molecule has 0 unspecified atom stereocenters. The summed E-state index contributed by atoms with van der Waals surface area (Å²) in [5.41, 5.74) is 8.00. The normalized spacial score (nSPS) is 17.4. The van der Waals surface area contributed by atoms with Crippen molar-refractivity contribution in [2.75, 3.05) is 37.8 Å². The van der Waals surface area contributed by atoms with Crippen LogP contribution in [-0.2, 0) is 18.0 Å². The van der Waals surface area contributed by atoms with Gasteiger partial charge in [-0.2, -0.15) is 5.26 Å². The molecule has 1 fully saturated rings. The average Bonchev–Trinajstić information content (AvgIpc) is 3.59. The number of nitrogens with two attached hydrogens (primary N) is 1. The molecule has 6 rings (SSSR count). The van der Waals surface area contributed by atoms with Gasteiger partial charge < -0.3 is 20.3 Å². The summed E-state index contributed by atoms with van der Waals surface area (Å²) in [6, 6.07) is 2.27. The molecule has 5 heterocycles. The number of fused-ring (bicyclic) bond motifs is 4. The van der Waals surface area contributed by atoms with Crippen molar-refractivity contribution in [3.8, 4) is 17.3 Å². The summed E-state index contributed by atoms with van der Waals surface area (Å²) in [4.78, 5) is 17.8. The van der Waals surface area contributed by atoms with Gasteiger partial charge in [-0.15, -0.1) is 11.3 Å². The second kappa shape index (κ2) is 8.58. The van der Waals surface area contributed by atoms with Crippen molar-refractivity contribution >= 4 is 43.3 Å². The van der Waals surface area contributed by atoms with E-state index in [0.717, 1.165) is 49.0 Å². The minimum atomic E-state index is -0.605. The first kappa shape index (κ1) is 23.0. The summed E-state index contributed by atoms with van der Waals surface area (Å²) in [5.74, 6) is -0.716. The number of anilines is 2. The summed E-state index contributed by atoms with van der Waals surface area (Å²) in [5, 5.41) is 10.7. The molecule has 0 bridgehead atoms. The Labute approximate surface area is 209 Å². The zero-order chi connectivity index (χ0) is 25.1. The number of nitriles is 1. The molecular formula is C25H23F2N7OS. The molecule has 1 atom stereocenters. The maximum atomic E-state index is 16.4. The third-order valence-corrected chi connectivity index (χ3v) is 7.97. The van der Waals surface area contributed by atoms with E-state index in [1.54, 1.807) is 6.20 Å². The van der Waals surface area contributed by atoms with Crippen LogP contribution >= 0.6 is 11.3 Å². The van der Waals surface area contributed by atoms with E-state index in [1.807, 2.05) is 20.2 Å². The Kier molecular flexibility index (Phi) is 5.48. The van der Waals surface area contributed by atoms with Crippen molar-refractivity contribution in [3.05, 3.63) is 40.7 Å². The van der Waals surface area contributed by atoms with E-state index >= 15 is 4.39 Å². The highest BCUT2D eigenvalue weighted by Gasteiger charge is 2.32. The van der Waals surface area contributed by atoms with Crippen molar-refractivity contribution in [2.45, 2.75) is 32.1 Å². The van der Waals surface area contributed by atoms with Crippen LogP contribution in [0.2, 0.25) is 0 Å². The predicted molar refractivity (Wildman–Crippen MR) is 135 cm³/mol. The topological polar surface area (TPSA) is 104 Å². The molecule has 0 spiro atoms. The molecule has 0 amide bonds. The van der Waals surface area contributed by atoms with Crippen molar-refractivity contribution in [1.29, 1.82) is 5.26 Å². The molecule has 0 aliphatic carbocycles. The Morgan fingerprint density at radius 1 is 1.25 bits per heavy atom. The van der Waals surface area contributed by atoms with E-state index < -0.39 is 11.6 Å². The van der Waals surface area contributed by atoms with Crippen LogP contribution in [0, 0.1) is 23.0 Å². The highest BCUT2D eigenvalue weighted by molar-refractivity contribution is 7.23. The molecule has 1 saturated heterocycles. The summed E-state index contributed by atoms with van der Waals surface area (Å²) < 4.78 is 36.9. The Morgan fingerprint density at radius 2 is 2.06 bits per heavy atom. The van der Waals surface area contributed by atoms with Gasteiger partial charge in [-0.05, 0) is 38.1 Å². The summed E-state index contributed by atoms with van der Waals surface area (Å²) in [7, 11) is 4.05. The number of hydrogen-bond acceptors (Lipinski definition) is 9. The van der Waals surface area contributed by atoms with Crippen LogP contribution in [-0.4, -0.2) is 53.1 Å². The zero-order valence-corrected chi connectivity index (χ0v) is 20.6. The number of likely N-dealkylation sites (N-methyl/N-ethyl adjacent to an activating group) is 1. The second-order valence-electron chi connectivity index (χ2n) is 9.43. The highest BCUT2D eigenvalue weighted by Crippen LogP contribution is 2.45. The molecule has 4 aromatic rings. The summed E-state index contributed by atoms with van der Waals surface area (Å²) >= 11 is 0.956. The molecule has 184 valence electrons. The van der Waals surface area contributed by atoms with Gasteiger partial charge >= 0.3 is 0 Å². The molecule has 36 heavy (non-hydrogen) atoms. The number of aromatic nitrogens is 3. The number of halogens is 2. The number of rotatable bonds is 4. The van der Waals surface area contributed by atoms with Crippen molar-refractivity contribution < 1.29 is 13.5 Å². The van der Waals surface area contributed by atoms with Crippen LogP contribution in [0.4, 0.5) is 19.7 Å². The first-order valence-electron chi connectivity index (χ1n) is 11.6. The lowest BCUT2D eigenvalue weighted by Gasteiger charge is -2.27. The van der Waals surface area contributed by atoms with Crippen LogP contribution in [0.1, 0.15) is 29.5 Å². The lowest BCUT2D eigenvalue weighted by molar-refractivity contribution is 0.135. The summed E-state index contributed by atoms with van der Waals surface area (Å²) in [6.07, 6.45) is 4.74. The minimum absolute atomic E-state index is 0.0936. The zero-order valence-electron chi connectivity index (χ0n) is 19.8. The van der Waals surface area contributed by atoms with Gasteiger partial charge in [0.15, 0.2) is 11.6 Å². The third kappa shape index (κ3) is 3.40. The number of pyridine rings is 1. The van der Waals surface area contributed by atoms with Crippen molar-refractivity contribution in [1.82, 2.24) is 19.9 Å². The molecule has 2 aliphatic heterocycles. The number of benzene rings is 1. The minimum Gasteiger partial charge on any atom is -0.389 e. The quantitative estimate of drug-likeness (QED) is 0.438. The van der Waals surface area contributed by atoms with Gasteiger partial charge in [0.25, 0.3) is 0 Å². The van der Waals surface area contributed by atoms with Gasteiger partial charge in [-0.1, -0.05) is 0 Å². The first-order valence-corrected chi connectivity index (χ1v) is 12.5. The monoisotopic (exact) mass is 507 g/mol. The van der Waals surface area contributed by atoms with E-state index in [9.17, 15) is 9.65 Å². The number of thiophene rings is 1. The summed E-state index contributed by atoms with van der Waals surface area (Å²) in [6.45, 7) is 2.09. The van der Waals surface area contributed by atoms with E-state index in [2.05, 4.69) is 19.8 Å². The Bertz CT molecular complexity index is 1580. The lowest BCUT2D eigenvalue weighted by Crippen LogP contribution is -2.38. The van der Waals surface area contributed by atoms with E-state index in [4.69, 9.17) is 15.5 Å². The predicted octanol–water partition coefficient (Wildman–Crippen LogP) is 4.20. The van der Waals surface area contributed by atoms with E-state index in [-0.39, 0.29) is 56.7 Å². The number of nitrogen functional groups attached to an aromatic ring is 1. The molecule has 2 aliphatic rings. The smallest absolute Gasteiger partial charge is 0.226 e. The van der Waals surface area contributed by atoms with Gasteiger partial charge in [-0.25, -0.2) is 18.7 Å². The van der Waals surface area contributed by atoms with Crippen LogP contribution in [0.15, 0.2) is 12.4 Å². The number of ether oxygens (including phenoxy) is 1. The van der Waals surface area contributed by atoms with Crippen molar-refractivity contribution in [3.63, 3.8) is 0 Å². The lowest BCUT2D eigenvalue weighted by atomic mass is 9.94. The number of nitrogens with zero attached hydrogens (tertiary/aromatic N) is 6. The van der Waals surface area contributed by atoms with Crippen LogP contribution in [0.3, 0.4) is 0 Å². The Morgan fingerprint density at radius 3 is 2.83 bits per heavy atom. The number of hydrogen-bond donors (Lipinski definition) is 1. The fourth-order valence-electron chi connectivity index (χ4n) is 5.39. The molecule has 0 saturated carbocycles. The van der Waals surface area contributed by atoms with Gasteiger partial charge in [0, 0.05) is 41.7 Å². The van der Waals surface area contributed by atoms with Crippen LogP contribution < -0.4 is 10.6 Å². The first-order chi connectivity index (χ1) is 17.4. The standard InChI is InChI=1S/C25H23F2N7OS/c1-33(2)9-12-4-3-5-34(12)25-31-7-14-15-10-35-11-16(15)18(20(27)21(14)32-25)22-19-13(6-28)24(29)36-23(19)17(26)8-30-22/h7-8,12H,3-5,9-11,29H2,1-2H3/t12-/m1/s1. The Balaban J connectivity index is 1.61.